The maximum absolute atomic E-state index is 12.3. The van der Waals surface area contributed by atoms with Crippen LogP contribution in [0.2, 0.25) is 0 Å². The summed E-state index contributed by atoms with van der Waals surface area (Å²) < 4.78 is 28.9. The van der Waals surface area contributed by atoms with E-state index in [4.69, 9.17) is 10.9 Å². The largest absolute Gasteiger partial charge is 0.409 e. The van der Waals surface area contributed by atoms with E-state index in [1.165, 1.54) is 0 Å². The predicted octanol–water partition coefficient (Wildman–Crippen LogP) is -0.482. The summed E-state index contributed by atoms with van der Waals surface area (Å²) in [5.74, 6) is 0.183. The maximum Gasteiger partial charge on any atom is 0.279 e. The van der Waals surface area contributed by atoms with Gasteiger partial charge in [-0.25, -0.2) is 0 Å². The van der Waals surface area contributed by atoms with E-state index < -0.39 is 10.2 Å². The number of hydrogen-bond acceptors (Lipinski definition) is 5. The van der Waals surface area contributed by atoms with Gasteiger partial charge in [-0.3, -0.25) is 4.90 Å². The molecule has 0 aromatic rings. The zero-order valence-electron chi connectivity index (χ0n) is 12.2. The van der Waals surface area contributed by atoms with Crippen molar-refractivity contribution >= 4 is 16.0 Å². The third-order valence-corrected chi connectivity index (χ3v) is 5.75. The quantitative estimate of drug-likeness (QED) is 0.274. The first kappa shape index (κ1) is 16.5. The van der Waals surface area contributed by atoms with E-state index >= 15 is 0 Å². The van der Waals surface area contributed by atoms with E-state index in [1.807, 2.05) is 0 Å². The van der Waals surface area contributed by atoms with Gasteiger partial charge in [-0.1, -0.05) is 11.6 Å². The van der Waals surface area contributed by atoms with Crippen molar-refractivity contribution in [3.8, 4) is 0 Å². The molecule has 2 rings (SSSR count). The van der Waals surface area contributed by atoms with E-state index in [-0.39, 0.29) is 11.9 Å². The molecule has 8 nitrogen and oxygen atoms in total. The van der Waals surface area contributed by atoms with Crippen LogP contribution in [0.25, 0.3) is 0 Å². The SMILES string of the molecule is NC(CN1CCC(NS(=O)(=O)N2CCCCC2)CC1)=NO. The Hall–Kier alpha value is -0.900. The number of nitrogens with zero attached hydrogens (tertiary/aromatic N) is 3. The van der Waals surface area contributed by atoms with Gasteiger partial charge in [0.15, 0.2) is 5.84 Å². The molecular weight excluding hydrogens is 294 g/mol. The van der Waals surface area contributed by atoms with Crippen LogP contribution in [-0.4, -0.2) is 67.4 Å². The normalized spacial score (nSPS) is 24.3. The van der Waals surface area contributed by atoms with Crippen LogP contribution in [0.1, 0.15) is 32.1 Å². The van der Waals surface area contributed by atoms with Gasteiger partial charge >= 0.3 is 0 Å². The zero-order chi connectivity index (χ0) is 15.3. The summed E-state index contributed by atoms with van der Waals surface area (Å²) in [4.78, 5) is 2.06. The Morgan fingerprint density at radius 2 is 1.81 bits per heavy atom. The minimum absolute atomic E-state index is 0.0273. The second kappa shape index (κ2) is 7.39. The highest BCUT2D eigenvalue weighted by Crippen LogP contribution is 2.15. The Kier molecular flexibility index (Phi) is 5.80. The number of nitrogens with one attached hydrogen (secondary N) is 1. The monoisotopic (exact) mass is 319 g/mol. The second-order valence-electron chi connectivity index (χ2n) is 5.72. The van der Waals surface area contributed by atoms with Crippen molar-refractivity contribution in [1.82, 2.24) is 13.9 Å². The Balaban J connectivity index is 1.80. The van der Waals surface area contributed by atoms with Gasteiger partial charge in [0.1, 0.15) is 0 Å². The van der Waals surface area contributed by atoms with Crippen molar-refractivity contribution in [2.75, 3.05) is 32.7 Å². The molecule has 2 saturated heterocycles. The highest BCUT2D eigenvalue weighted by molar-refractivity contribution is 7.87. The summed E-state index contributed by atoms with van der Waals surface area (Å²) >= 11 is 0. The van der Waals surface area contributed by atoms with Gasteiger partial charge < -0.3 is 10.9 Å². The molecule has 0 saturated carbocycles. The summed E-state index contributed by atoms with van der Waals surface area (Å²) in [6.07, 6.45) is 4.48. The van der Waals surface area contributed by atoms with Crippen molar-refractivity contribution in [3.05, 3.63) is 0 Å². The fraction of sp³-hybridized carbons (Fsp3) is 0.917. The van der Waals surface area contributed by atoms with Crippen LogP contribution < -0.4 is 10.5 Å². The Morgan fingerprint density at radius 3 is 2.38 bits per heavy atom. The number of amidine groups is 1. The topological polar surface area (TPSA) is 111 Å². The van der Waals surface area contributed by atoms with Gasteiger partial charge in [-0.15, -0.1) is 0 Å². The molecule has 0 bridgehead atoms. The van der Waals surface area contributed by atoms with Crippen molar-refractivity contribution in [2.24, 2.45) is 10.9 Å². The lowest BCUT2D eigenvalue weighted by atomic mass is 10.1. The minimum atomic E-state index is -3.35. The molecule has 2 heterocycles. The molecular formula is C12H25N5O3S. The molecule has 2 aliphatic heterocycles. The lowest BCUT2D eigenvalue weighted by molar-refractivity contribution is 0.225. The molecule has 0 aromatic carbocycles. The van der Waals surface area contributed by atoms with Crippen LogP contribution in [0, 0.1) is 0 Å². The van der Waals surface area contributed by atoms with Gasteiger partial charge in [-0.2, -0.15) is 17.4 Å². The third-order valence-electron chi connectivity index (χ3n) is 4.07. The summed E-state index contributed by atoms with van der Waals surface area (Å²) in [5, 5.41) is 11.5. The van der Waals surface area contributed by atoms with Crippen LogP contribution in [0.15, 0.2) is 5.16 Å². The maximum atomic E-state index is 12.3. The Labute approximate surface area is 126 Å². The lowest BCUT2D eigenvalue weighted by Gasteiger charge is -2.33. The Morgan fingerprint density at radius 1 is 1.19 bits per heavy atom. The Bertz CT molecular complexity index is 454. The zero-order valence-corrected chi connectivity index (χ0v) is 13.1. The summed E-state index contributed by atoms with van der Waals surface area (Å²) in [5.41, 5.74) is 5.48. The number of hydrogen-bond donors (Lipinski definition) is 3. The van der Waals surface area contributed by atoms with Crippen LogP contribution in [0.3, 0.4) is 0 Å². The number of likely N-dealkylation sites (tertiary alicyclic amines) is 1. The van der Waals surface area contributed by atoms with Crippen LogP contribution in [0.5, 0.6) is 0 Å². The molecule has 122 valence electrons. The van der Waals surface area contributed by atoms with E-state index in [0.29, 0.717) is 19.6 Å². The number of piperidine rings is 2. The molecule has 0 unspecified atom stereocenters. The molecule has 0 spiro atoms. The van der Waals surface area contributed by atoms with E-state index in [9.17, 15) is 8.42 Å². The smallest absolute Gasteiger partial charge is 0.279 e. The molecule has 0 amide bonds. The predicted molar refractivity (Wildman–Crippen MR) is 80.4 cm³/mol. The average Bonchev–Trinajstić information content (AvgIpc) is 2.50. The van der Waals surface area contributed by atoms with Crippen molar-refractivity contribution < 1.29 is 13.6 Å². The van der Waals surface area contributed by atoms with Crippen molar-refractivity contribution in [1.29, 1.82) is 0 Å². The molecule has 9 heteroatoms. The third kappa shape index (κ3) is 4.80. The van der Waals surface area contributed by atoms with Crippen molar-refractivity contribution in [2.45, 2.75) is 38.1 Å². The van der Waals surface area contributed by atoms with Gasteiger partial charge in [0.25, 0.3) is 10.2 Å². The van der Waals surface area contributed by atoms with E-state index in [1.54, 1.807) is 4.31 Å². The number of oxime groups is 1. The van der Waals surface area contributed by atoms with Gasteiger partial charge in [0.05, 0.1) is 6.54 Å². The first-order chi connectivity index (χ1) is 10.0. The molecule has 21 heavy (non-hydrogen) atoms. The molecule has 0 aliphatic carbocycles. The standard InChI is InChI=1S/C12H25N5O3S/c13-12(14-18)10-16-8-4-11(5-9-16)15-21(19,20)17-6-2-1-3-7-17/h11,15,18H,1-10H2,(H2,13,14). The fourth-order valence-corrected chi connectivity index (χ4v) is 4.40. The van der Waals surface area contributed by atoms with Gasteiger partial charge in [0, 0.05) is 32.2 Å². The van der Waals surface area contributed by atoms with Gasteiger partial charge in [0.2, 0.25) is 0 Å². The number of nitrogens with two attached hydrogens (primary N) is 1. The molecule has 0 atom stereocenters. The van der Waals surface area contributed by atoms with Crippen LogP contribution in [0.4, 0.5) is 0 Å². The van der Waals surface area contributed by atoms with Crippen LogP contribution >= 0.6 is 0 Å². The second-order valence-corrected chi connectivity index (χ2v) is 7.43. The van der Waals surface area contributed by atoms with Crippen LogP contribution in [-0.2, 0) is 10.2 Å². The molecule has 0 aromatic heterocycles. The van der Waals surface area contributed by atoms with E-state index in [2.05, 4.69) is 14.8 Å². The molecule has 2 aliphatic rings. The first-order valence-electron chi connectivity index (χ1n) is 7.47. The summed E-state index contributed by atoms with van der Waals surface area (Å²) in [6, 6.07) is -0.0273. The summed E-state index contributed by atoms with van der Waals surface area (Å²) in [6.45, 7) is 3.14. The fourth-order valence-electron chi connectivity index (χ4n) is 2.86. The average molecular weight is 319 g/mol. The molecule has 4 N–H and O–H groups in total. The van der Waals surface area contributed by atoms with Crippen molar-refractivity contribution in [3.63, 3.8) is 0 Å². The highest BCUT2D eigenvalue weighted by atomic mass is 32.2. The number of rotatable bonds is 5. The lowest BCUT2D eigenvalue weighted by Crippen LogP contribution is -2.51. The molecule has 0 radical (unpaired) electrons. The minimum Gasteiger partial charge on any atom is -0.409 e. The highest BCUT2D eigenvalue weighted by Gasteiger charge is 2.28. The van der Waals surface area contributed by atoms with E-state index in [0.717, 1.165) is 45.2 Å². The molecule has 2 fully saturated rings. The van der Waals surface area contributed by atoms with Gasteiger partial charge in [-0.05, 0) is 25.7 Å². The summed E-state index contributed by atoms with van der Waals surface area (Å²) in [7, 11) is -3.35. The first-order valence-corrected chi connectivity index (χ1v) is 8.91.